The number of benzene rings is 1. The number of rotatable bonds is 8. The first-order valence-corrected chi connectivity index (χ1v) is 11.1. The molecule has 172 valence electrons. The Balaban J connectivity index is 1.71. The number of nitrogens with zero attached hydrogens (tertiary/aromatic N) is 1. The minimum absolute atomic E-state index is 0.0850. The van der Waals surface area contributed by atoms with Gasteiger partial charge in [0.1, 0.15) is 12.3 Å². The number of H-pyrrole nitrogens is 1. The van der Waals surface area contributed by atoms with Crippen LogP contribution in [0.5, 0.6) is 0 Å². The summed E-state index contributed by atoms with van der Waals surface area (Å²) < 4.78 is 0. The molecule has 5 N–H and O–H groups in total. The van der Waals surface area contributed by atoms with Crippen LogP contribution in [0.25, 0.3) is 10.9 Å². The summed E-state index contributed by atoms with van der Waals surface area (Å²) in [5.74, 6) is -0.751. The van der Waals surface area contributed by atoms with E-state index < -0.39 is 18.3 Å². The van der Waals surface area contributed by atoms with E-state index in [1.807, 2.05) is 26.8 Å². The average Bonchev–Trinajstić information content (AvgIpc) is 3.31. The number of aromatic amines is 1. The Kier molecular flexibility index (Phi) is 7.44. The number of amides is 2. The van der Waals surface area contributed by atoms with Gasteiger partial charge in [-0.15, -0.1) is 0 Å². The number of aliphatic hydroxyl groups is 1. The van der Waals surface area contributed by atoms with Crippen LogP contribution in [0.4, 0.5) is 0 Å². The molecule has 0 spiro atoms. The second-order valence-electron chi connectivity index (χ2n) is 9.55. The first kappa shape index (κ1) is 24.1. The third-order valence-corrected chi connectivity index (χ3v) is 5.78. The lowest BCUT2D eigenvalue weighted by Crippen LogP contribution is -2.50. The summed E-state index contributed by atoms with van der Waals surface area (Å²) >= 11 is 6.04. The number of carbonyl (C=O) groups excluding carboxylic acids is 2. The van der Waals surface area contributed by atoms with Gasteiger partial charge in [-0.25, -0.2) is 0 Å². The van der Waals surface area contributed by atoms with Gasteiger partial charge in [-0.1, -0.05) is 38.4 Å². The zero-order valence-corrected chi connectivity index (χ0v) is 19.3. The Labute approximate surface area is 192 Å². The molecule has 1 aromatic carbocycles. The SMILES string of the molecule is CC(C)(C)CC(NC(O)c1cc2ccc(Cl)cc2[nH]1)C(=O)NC(C#N)CC1CCNC1=O. The lowest BCUT2D eigenvalue weighted by Gasteiger charge is -2.29. The van der Waals surface area contributed by atoms with Crippen molar-refractivity contribution in [3.05, 3.63) is 35.0 Å². The van der Waals surface area contributed by atoms with Crippen LogP contribution in [0.15, 0.2) is 24.3 Å². The Hall–Kier alpha value is -2.60. The Morgan fingerprint density at radius 1 is 1.38 bits per heavy atom. The van der Waals surface area contributed by atoms with Crippen LogP contribution in [0, 0.1) is 22.7 Å². The zero-order chi connectivity index (χ0) is 23.5. The summed E-state index contributed by atoms with van der Waals surface area (Å²) in [6, 6.07) is 7.74. The van der Waals surface area contributed by atoms with Crippen LogP contribution in [0.2, 0.25) is 5.02 Å². The molecule has 2 heterocycles. The van der Waals surface area contributed by atoms with E-state index in [-0.39, 0.29) is 29.6 Å². The largest absolute Gasteiger partial charge is 0.373 e. The molecular formula is C23H30ClN5O3. The van der Waals surface area contributed by atoms with Gasteiger partial charge in [0.05, 0.1) is 17.8 Å². The molecule has 4 unspecified atom stereocenters. The highest BCUT2D eigenvalue weighted by Crippen LogP contribution is 2.25. The van der Waals surface area contributed by atoms with Gasteiger partial charge in [-0.3, -0.25) is 14.9 Å². The molecule has 0 saturated carbocycles. The summed E-state index contributed by atoms with van der Waals surface area (Å²) in [5.41, 5.74) is 1.08. The monoisotopic (exact) mass is 459 g/mol. The molecule has 1 fully saturated rings. The third-order valence-electron chi connectivity index (χ3n) is 5.55. The number of hydrogen-bond acceptors (Lipinski definition) is 5. The van der Waals surface area contributed by atoms with Crippen molar-refractivity contribution in [1.82, 2.24) is 20.9 Å². The summed E-state index contributed by atoms with van der Waals surface area (Å²) in [6.07, 6.45) is 0.228. The van der Waals surface area contributed by atoms with Crippen molar-refractivity contribution < 1.29 is 14.7 Å². The first-order valence-electron chi connectivity index (χ1n) is 10.8. The standard InChI is InChI=1S/C23H30ClN5O3/c1-23(2,3)11-19(22(32)27-16(12-25)8-14-6-7-26-20(14)30)29-21(31)18-9-13-4-5-15(24)10-17(13)28-18/h4-5,9-10,14,16,19,21,28-29,31H,6-8,11H2,1-3H3,(H,26,30)(H,27,32). The fourth-order valence-corrected chi connectivity index (χ4v) is 4.13. The highest BCUT2D eigenvalue weighted by molar-refractivity contribution is 6.31. The van der Waals surface area contributed by atoms with Crippen LogP contribution in [0.1, 0.15) is 52.0 Å². The highest BCUT2D eigenvalue weighted by Gasteiger charge is 2.32. The fraction of sp³-hybridized carbons (Fsp3) is 0.522. The molecule has 0 radical (unpaired) electrons. The molecule has 8 nitrogen and oxygen atoms in total. The summed E-state index contributed by atoms with van der Waals surface area (Å²) in [5, 5.41) is 30.3. The van der Waals surface area contributed by atoms with Gasteiger partial charge in [0, 0.05) is 23.0 Å². The van der Waals surface area contributed by atoms with Crippen LogP contribution in [-0.4, -0.2) is 40.5 Å². The third kappa shape index (κ3) is 6.22. The molecule has 3 rings (SSSR count). The van der Waals surface area contributed by atoms with E-state index in [0.29, 0.717) is 30.1 Å². The average molecular weight is 460 g/mol. The smallest absolute Gasteiger partial charge is 0.238 e. The Morgan fingerprint density at radius 2 is 2.12 bits per heavy atom. The van der Waals surface area contributed by atoms with Crippen LogP contribution in [-0.2, 0) is 9.59 Å². The minimum atomic E-state index is -1.12. The second kappa shape index (κ2) is 9.90. The van der Waals surface area contributed by atoms with Crippen LogP contribution >= 0.6 is 11.6 Å². The topological polar surface area (TPSA) is 130 Å². The number of aliphatic hydroxyl groups excluding tert-OH is 1. The van der Waals surface area contributed by atoms with Crippen molar-refractivity contribution in [2.24, 2.45) is 11.3 Å². The lowest BCUT2D eigenvalue weighted by molar-refractivity contribution is -0.126. The number of halogens is 1. The van der Waals surface area contributed by atoms with Crippen LogP contribution in [0.3, 0.4) is 0 Å². The molecule has 2 amide bonds. The number of aromatic nitrogens is 1. The number of hydrogen-bond donors (Lipinski definition) is 5. The van der Waals surface area contributed by atoms with Gasteiger partial charge in [0.2, 0.25) is 11.8 Å². The van der Waals surface area contributed by atoms with Gasteiger partial charge < -0.3 is 20.7 Å². The molecule has 1 aromatic heterocycles. The molecule has 0 bridgehead atoms. The second-order valence-corrected chi connectivity index (χ2v) is 9.98. The quantitative estimate of drug-likeness (QED) is 0.387. The van der Waals surface area contributed by atoms with Gasteiger partial charge >= 0.3 is 0 Å². The number of carbonyl (C=O) groups is 2. The summed E-state index contributed by atoms with van der Waals surface area (Å²) in [6.45, 7) is 6.58. The fourth-order valence-electron chi connectivity index (χ4n) is 3.96. The normalized spacial score (nSPS) is 19.2. The maximum atomic E-state index is 13.1. The van der Waals surface area contributed by atoms with E-state index >= 15 is 0 Å². The number of nitriles is 1. The summed E-state index contributed by atoms with van der Waals surface area (Å²) in [7, 11) is 0. The van der Waals surface area contributed by atoms with Crippen molar-refractivity contribution in [3.8, 4) is 6.07 Å². The summed E-state index contributed by atoms with van der Waals surface area (Å²) in [4.78, 5) is 28.0. The maximum Gasteiger partial charge on any atom is 0.238 e. The van der Waals surface area contributed by atoms with E-state index in [4.69, 9.17) is 11.6 Å². The molecule has 1 aliphatic heterocycles. The van der Waals surface area contributed by atoms with Crippen molar-refractivity contribution in [2.45, 2.75) is 58.3 Å². The van der Waals surface area contributed by atoms with Gasteiger partial charge in [-0.2, -0.15) is 5.26 Å². The molecule has 0 aliphatic carbocycles. The van der Waals surface area contributed by atoms with Crippen LogP contribution < -0.4 is 16.0 Å². The van der Waals surface area contributed by atoms with E-state index in [9.17, 15) is 20.0 Å². The highest BCUT2D eigenvalue weighted by atomic mass is 35.5. The minimum Gasteiger partial charge on any atom is -0.373 e. The number of fused-ring (bicyclic) bond motifs is 1. The van der Waals surface area contributed by atoms with Crippen molar-refractivity contribution in [1.29, 1.82) is 5.26 Å². The van der Waals surface area contributed by atoms with Gasteiger partial charge in [0.25, 0.3) is 0 Å². The van der Waals surface area contributed by atoms with Crippen molar-refractivity contribution in [3.63, 3.8) is 0 Å². The molecule has 1 saturated heterocycles. The molecule has 4 atom stereocenters. The number of nitrogens with one attached hydrogen (secondary N) is 4. The van der Waals surface area contributed by atoms with Crippen molar-refractivity contribution in [2.75, 3.05) is 6.54 Å². The maximum absolute atomic E-state index is 13.1. The van der Waals surface area contributed by atoms with E-state index in [0.717, 1.165) is 10.9 Å². The molecule has 32 heavy (non-hydrogen) atoms. The van der Waals surface area contributed by atoms with Crippen molar-refractivity contribution >= 4 is 34.3 Å². The predicted molar refractivity (Wildman–Crippen MR) is 123 cm³/mol. The lowest BCUT2D eigenvalue weighted by atomic mass is 9.87. The first-order chi connectivity index (χ1) is 15.1. The molecule has 9 heteroatoms. The molecule has 2 aromatic rings. The Morgan fingerprint density at radius 3 is 2.75 bits per heavy atom. The zero-order valence-electron chi connectivity index (χ0n) is 18.5. The van der Waals surface area contributed by atoms with E-state index in [2.05, 4.69) is 27.0 Å². The Bertz CT molecular complexity index is 1020. The van der Waals surface area contributed by atoms with Gasteiger partial charge in [0.15, 0.2) is 0 Å². The van der Waals surface area contributed by atoms with E-state index in [1.54, 1.807) is 18.2 Å². The molecular weight excluding hydrogens is 430 g/mol. The molecule has 1 aliphatic rings. The van der Waals surface area contributed by atoms with Gasteiger partial charge in [-0.05, 0) is 48.3 Å². The van der Waals surface area contributed by atoms with E-state index in [1.165, 1.54) is 0 Å². The predicted octanol–water partition coefficient (Wildman–Crippen LogP) is 2.74.